The Bertz CT molecular complexity index is 972. The predicted molar refractivity (Wildman–Crippen MR) is 134 cm³/mol. The van der Waals surface area contributed by atoms with Gasteiger partial charge in [-0.3, -0.25) is 9.59 Å². The third kappa shape index (κ3) is 3.67. The summed E-state index contributed by atoms with van der Waals surface area (Å²) >= 11 is 0. The highest BCUT2D eigenvalue weighted by Gasteiger charge is 2.60. The SMILES string of the molecule is CCOc1ccc(C(=O)NC[C@H]2CC[C@H]3[C@@H]4CC[C@H]5N(C)C(=O)C=C[C@]5(C)[C@H]4CC[C@]23C)cc1. The van der Waals surface area contributed by atoms with Gasteiger partial charge in [0.1, 0.15) is 5.75 Å². The zero-order valence-corrected chi connectivity index (χ0v) is 21.2. The van der Waals surface area contributed by atoms with Crippen molar-refractivity contribution in [1.29, 1.82) is 0 Å². The molecular formula is C29H40N2O3. The first-order valence-corrected chi connectivity index (χ1v) is 13.2. The van der Waals surface area contributed by atoms with Crippen LogP contribution in [0.2, 0.25) is 0 Å². The van der Waals surface area contributed by atoms with Crippen LogP contribution in [0.3, 0.4) is 0 Å². The molecule has 0 bridgehead atoms. The van der Waals surface area contributed by atoms with Crippen molar-refractivity contribution < 1.29 is 14.3 Å². The zero-order valence-electron chi connectivity index (χ0n) is 21.2. The molecule has 3 saturated carbocycles. The maximum Gasteiger partial charge on any atom is 0.251 e. The standard InChI is InChI=1S/C29H40N2O3/c1-5-34-21-9-6-19(7-10-21)27(33)30-18-20-8-12-23-22-11-13-25-29(3,17-15-26(32)31(25)4)24(22)14-16-28(20,23)2/h6-7,9-10,15,17,20,22-25H,5,8,11-14,16,18H2,1-4H3,(H,30,33)/t20-,22+,23+,24+,25-,28-,29-/m1/s1. The minimum atomic E-state index is 0.0110. The molecule has 0 radical (unpaired) electrons. The number of amides is 2. The van der Waals surface area contributed by atoms with Gasteiger partial charge in [-0.05, 0) is 105 Å². The number of carbonyl (C=O) groups excluding carboxylic acids is 2. The molecule has 1 aromatic carbocycles. The first-order chi connectivity index (χ1) is 16.3. The summed E-state index contributed by atoms with van der Waals surface area (Å²) < 4.78 is 5.49. The lowest BCUT2D eigenvalue weighted by atomic mass is 9.47. The van der Waals surface area contributed by atoms with Gasteiger partial charge >= 0.3 is 0 Å². The smallest absolute Gasteiger partial charge is 0.251 e. The van der Waals surface area contributed by atoms with E-state index in [1.54, 1.807) is 0 Å². The molecule has 1 heterocycles. The molecular weight excluding hydrogens is 424 g/mol. The molecule has 1 aromatic rings. The van der Waals surface area contributed by atoms with Gasteiger partial charge < -0.3 is 15.0 Å². The fourth-order valence-corrected chi connectivity index (χ4v) is 8.37. The van der Waals surface area contributed by atoms with Crippen molar-refractivity contribution >= 4 is 11.8 Å². The minimum absolute atomic E-state index is 0.0110. The number of nitrogens with zero attached hydrogens (tertiary/aromatic N) is 1. The number of hydrogen-bond acceptors (Lipinski definition) is 3. The summed E-state index contributed by atoms with van der Waals surface area (Å²) in [5.41, 5.74) is 1.07. The van der Waals surface area contributed by atoms with Crippen molar-refractivity contribution in [3.63, 3.8) is 0 Å². The number of hydrogen-bond donors (Lipinski definition) is 1. The summed E-state index contributed by atoms with van der Waals surface area (Å²) in [5.74, 6) is 3.58. The lowest BCUT2D eigenvalue weighted by Crippen LogP contribution is -2.59. The molecule has 5 nitrogen and oxygen atoms in total. The Kier molecular flexibility index (Phi) is 6.02. The second kappa shape index (κ2) is 8.73. The molecule has 7 atom stereocenters. The molecule has 0 saturated heterocycles. The Morgan fingerprint density at radius 2 is 1.85 bits per heavy atom. The Morgan fingerprint density at radius 1 is 1.09 bits per heavy atom. The molecule has 1 aliphatic heterocycles. The van der Waals surface area contributed by atoms with E-state index in [9.17, 15) is 9.59 Å². The van der Waals surface area contributed by atoms with Gasteiger partial charge in [0, 0.05) is 30.6 Å². The molecule has 5 rings (SSSR count). The van der Waals surface area contributed by atoms with Gasteiger partial charge in [-0.2, -0.15) is 0 Å². The number of rotatable bonds is 5. The quantitative estimate of drug-likeness (QED) is 0.662. The van der Waals surface area contributed by atoms with E-state index < -0.39 is 0 Å². The minimum Gasteiger partial charge on any atom is -0.494 e. The summed E-state index contributed by atoms with van der Waals surface area (Å²) in [6.07, 6.45) is 11.3. The third-order valence-electron chi connectivity index (χ3n) is 10.3. The highest BCUT2D eigenvalue weighted by atomic mass is 16.5. The monoisotopic (exact) mass is 464 g/mol. The van der Waals surface area contributed by atoms with Crippen LogP contribution in [0.15, 0.2) is 36.4 Å². The first-order valence-electron chi connectivity index (χ1n) is 13.2. The number of ether oxygens (including phenoxy) is 1. The maximum atomic E-state index is 12.8. The Labute approximate surface area is 204 Å². The topological polar surface area (TPSA) is 58.6 Å². The number of carbonyl (C=O) groups is 2. The third-order valence-corrected chi connectivity index (χ3v) is 10.3. The second-order valence-electron chi connectivity index (χ2n) is 11.6. The van der Waals surface area contributed by atoms with E-state index in [1.807, 2.05) is 49.2 Å². The van der Waals surface area contributed by atoms with Crippen molar-refractivity contribution in [3.8, 4) is 5.75 Å². The van der Waals surface area contributed by atoms with Gasteiger partial charge in [-0.15, -0.1) is 0 Å². The van der Waals surface area contributed by atoms with E-state index in [1.165, 1.54) is 32.1 Å². The Morgan fingerprint density at radius 3 is 2.59 bits per heavy atom. The molecule has 4 aliphatic rings. The van der Waals surface area contributed by atoms with E-state index >= 15 is 0 Å². The van der Waals surface area contributed by atoms with Crippen molar-refractivity contribution in [3.05, 3.63) is 42.0 Å². The van der Waals surface area contributed by atoms with Crippen LogP contribution in [0.25, 0.3) is 0 Å². The van der Waals surface area contributed by atoms with E-state index in [2.05, 4.69) is 25.2 Å². The van der Waals surface area contributed by atoms with Gasteiger partial charge in [0.05, 0.1) is 6.61 Å². The zero-order chi connectivity index (χ0) is 24.1. The van der Waals surface area contributed by atoms with Crippen LogP contribution in [0, 0.1) is 34.5 Å². The molecule has 3 aliphatic carbocycles. The van der Waals surface area contributed by atoms with Crippen LogP contribution in [0.5, 0.6) is 5.75 Å². The van der Waals surface area contributed by atoms with E-state index in [0.717, 1.165) is 24.6 Å². The van der Waals surface area contributed by atoms with E-state index in [-0.39, 0.29) is 22.6 Å². The summed E-state index contributed by atoms with van der Waals surface area (Å²) in [6, 6.07) is 7.77. The fraction of sp³-hybridized carbons (Fsp3) is 0.655. The first kappa shape index (κ1) is 23.4. The highest BCUT2D eigenvalue weighted by Crippen LogP contribution is 2.65. The number of benzene rings is 1. The van der Waals surface area contributed by atoms with Crippen LogP contribution in [0.4, 0.5) is 0 Å². The van der Waals surface area contributed by atoms with E-state index in [4.69, 9.17) is 4.74 Å². The average molecular weight is 465 g/mol. The fourth-order valence-electron chi connectivity index (χ4n) is 8.37. The number of fused-ring (bicyclic) bond motifs is 5. The summed E-state index contributed by atoms with van der Waals surface area (Å²) in [5, 5.41) is 3.25. The van der Waals surface area contributed by atoms with Crippen LogP contribution < -0.4 is 10.1 Å². The van der Waals surface area contributed by atoms with Gasteiger partial charge in [-0.1, -0.05) is 19.9 Å². The molecule has 34 heavy (non-hydrogen) atoms. The molecule has 2 amide bonds. The maximum absolute atomic E-state index is 12.8. The van der Waals surface area contributed by atoms with Crippen molar-refractivity contribution in [2.45, 2.75) is 65.3 Å². The van der Waals surface area contributed by atoms with Crippen molar-refractivity contribution in [1.82, 2.24) is 10.2 Å². The van der Waals surface area contributed by atoms with Crippen LogP contribution in [-0.4, -0.2) is 43.0 Å². The summed E-state index contributed by atoms with van der Waals surface area (Å²) in [7, 11) is 1.99. The Hall–Kier alpha value is -2.30. The summed E-state index contributed by atoms with van der Waals surface area (Å²) in [4.78, 5) is 27.1. The lowest BCUT2D eigenvalue weighted by Gasteiger charge is -2.60. The van der Waals surface area contributed by atoms with Crippen molar-refractivity contribution in [2.24, 2.45) is 34.5 Å². The molecule has 1 N–H and O–H groups in total. The number of nitrogens with one attached hydrogen (secondary N) is 1. The molecule has 3 fully saturated rings. The van der Waals surface area contributed by atoms with Crippen LogP contribution in [0.1, 0.15) is 69.7 Å². The van der Waals surface area contributed by atoms with Gasteiger partial charge in [0.25, 0.3) is 5.91 Å². The van der Waals surface area contributed by atoms with Crippen LogP contribution >= 0.6 is 0 Å². The molecule has 5 heteroatoms. The van der Waals surface area contributed by atoms with E-state index in [0.29, 0.717) is 36.0 Å². The molecule has 0 unspecified atom stereocenters. The van der Waals surface area contributed by atoms with Gasteiger partial charge in [0.2, 0.25) is 5.91 Å². The van der Waals surface area contributed by atoms with Crippen molar-refractivity contribution in [2.75, 3.05) is 20.2 Å². The average Bonchev–Trinajstić information content (AvgIpc) is 3.17. The highest BCUT2D eigenvalue weighted by molar-refractivity contribution is 5.94. The lowest BCUT2D eigenvalue weighted by molar-refractivity contribution is -0.138. The predicted octanol–water partition coefficient (Wildman–Crippen LogP) is 5.07. The normalized spacial score (nSPS) is 38.6. The van der Waals surface area contributed by atoms with Gasteiger partial charge in [-0.25, -0.2) is 0 Å². The molecule has 0 aromatic heterocycles. The largest absolute Gasteiger partial charge is 0.494 e. The summed E-state index contributed by atoms with van der Waals surface area (Å²) in [6.45, 7) is 8.24. The van der Waals surface area contributed by atoms with Crippen LogP contribution in [-0.2, 0) is 4.79 Å². The molecule has 0 spiro atoms. The van der Waals surface area contributed by atoms with Gasteiger partial charge in [0.15, 0.2) is 0 Å². The number of likely N-dealkylation sites (N-methyl/N-ethyl adjacent to an activating group) is 1. The molecule has 184 valence electrons. The Balaban J connectivity index is 1.26. The second-order valence-corrected chi connectivity index (χ2v) is 11.6.